The number of nitrogens with one attached hydrogen (secondary N) is 1. The number of carbonyl (C=O) groups is 1. The van der Waals surface area contributed by atoms with Gasteiger partial charge in [-0.05, 0) is 107 Å². The molecule has 0 aliphatic heterocycles. The van der Waals surface area contributed by atoms with Gasteiger partial charge in [-0.1, -0.05) is 103 Å². The third kappa shape index (κ3) is 13.7. The van der Waals surface area contributed by atoms with Crippen LogP contribution in [0.5, 0.6) is 23.0 Å². The predicted octanol–water partition coefficient (Wildman–Crippen LogP) is 11.5. The van der Waals surface area contributed by atoms with E-state index in [-0.39, 0.29) is 92.8 Å². The Balaban J connectivity index is 0.000000241. The first-order valence-corrected chi connectivity index (χ1v) is 25.6. The quantitative estimate of drug-likeness (QED) is 0.0260. The van der Waals surface area contributed by atoms with E-state index in [1.54, 1.807) is 104 Å². The third-order valence-electron chi connectivity index (χ3n) is 11.2. The number of anilines is 1. The van der Waals surface area contributed by atoms with Crippen LogP contribution in [0.4, 0.5) is 34.1 Å². The van der Waals surface area contributed by atoms with Gasteiger partial charge < -0.3 is 30.1 Å². The standard InChI is InChI=1S/2C26H22ClN3O6S.Ba/c2*1-3-15-12-21(27)23(37(33,34)35)14-22(15)29-30-24-19-10-5-4-7-16(19)11-20(25(24)31)26(32)28-17-8-6-9-18(13-17)36-2;/h2*4-14,31H,3H2,1-2H3,(H,28,32)(H,33,34,35);/q;;+2/p-2. The molecule has 0 saturated heterocycles. The number of hydrogen-bond donors (Lipinski definition) is 4. The van der Waals surface area contributed by atoms with Gasteiger partial charge in [-0.2, -0.15) is 32.2 Å². The zero-order valence-corrected chi connectivity index (χ0v) is 47.7. The predicted molar refractivity (Wildman–Crippen MR) is 285 cm³/mol. The number of rotatable bonds is 14. The number of aryl methyl sites for hydroxylation is 2. The molecule has 4 N–H and O–H groups in total. The van der Waals surface area contributed by atoms with Gasteiger partial charge in [0.2, 0.25) is 0 Å². The number of halogens is 2. The molecule has 8 aromatic carbocycles. The number of amides is 1. The van der Waals surface area contributed by atoms with Crippen molar-refractivity contribution in [2.75, 3.05) is 19.5 Å². The summed E-state index contributed by atoms with van der Waals surface area (Å²) in [5, 5.41) is 58.6. The molecule has 0 fully saturated rings. The molecule has 75 heavy (non-hydrogen) atoms. The minimum absolute atomic E-state index is 0. The summed E-state index contributed by atoms with van der Waals surface area (Å²) < 4.78 is 76.2. The van der Waals surface area contributed by atoms with Crippen LogP contribution in [0.2, 0.25) is 10.0 Å². The summed E-state index contributed by atoms with van der Waals surface area (Å²) in [4.78, 5) is 16.1. The molecule has 0 spiro atoms. The Morgan fingerprint density at radius 3 is 1.63 bits per heavy atom. The van der Waals surface area contributed by atoms with Gasteiger partial charge >= 0.3 is 48.9 Å². The van der Waals surface area contributed by atoms with Crippen molar-refractivity contribution in [3.63, 3.8) is 0 Å². The third-order valence-corrected chi connectivity index (χ3v) is 13.8. The van der Waals surface area contributed by atoms with Crippen LogP contribution < -0.4 is 25.0 Å². The van der Waals surface area contributed by atoms with E-state index in [4.69, 9.17) is 32.7 Å². The number of phenolic OH excluding ortho intramolecular Hbond substituents is 1. The second-order valence-electron chi connectivity index (χ2n) is 15.8. The molecule has 8 rings (SSSR count). The van der Waals surface area contributed by atoms with Gasteiger partial charge in [-0.3, -0.25) is 18.9 Å². The number of nitrogens with zero attached hydrogens (tertiary/aromatic N) is 5. The summed E-state index contributed by atoms with van der Waals surface area (Å²) in [6.45, 7) is 3.61. The fourth-order valence-electron chi connectivity index (χ4n) is 7.44. The van der Waals surface area contributed by atoms with E-state index in [0.29, 0.717) is 68.4 Å². The van der Waals surface area contributed by atoms with Gasteiger partial charge in [0.05, 0.1) is 52.6 Å². The molecule has 0 aromatic heterocycles. The number of aliphatic imine (C=N–C) groups is 1. The van der Waals surface area contributed by atoms with Crippen LogP contribution >= 0.6 is 23.2 Å². The normalized spacial score (nSPS) is 11.9. The topological polar surface area (TPSA) is 284 Å². The molecule has 0 bridgehead atoms. The molecule has 0 atom stereocenters. The molecule has 0 radical (unpaired) electrons. The maximum absolute atomic E-state index is 13.4. The van der Waals surface area contributed by atoms with Gasteiger partial charge in [0.15, 0.2) is 5.75 Å². The summed E-state index contributed by atoms with van der Waals surface area (Å²) in [5.41, 5.74) is 1.76. The summed E-state index contributed by atoms with van der Waals surface area (Å²) in [6, 6.07) is 35.0. The minimum atomic E-state index is -4.62. The maximum atomic E-state index is 13.4. The molecule has 0 unspecified atom stereocenters. The van der Waals surface area contributed by atoms with Crippen LogP contribution in [0.15, 0.2) is 169 Å². The summed E-state index contributed by atoms with van der Waals surface area (Å²) in [6.07, 6.45) is 0.859. The van der Waals surface area contributed by atoms with Crippen molar-refractivity contribution in [2.45, 2.75) is 36.5 Å². The molecule has 8 aromatic rings. The van der Waals surface area contributed by atoms with E-state index >= 15 is 0 Å². The Hall–Kier alpha value is -6.41. The number of methoxy groups -OCH3 is 2. The fourth-order valence-corrected chi connectivity index (χ4v) is 9.53. The van der Waals surface area contributed by atoms with Crippen molar-refractivity contribution in [2.24, 2.45) is 25.4 Å². The molecule has 18 nitrogen and oxygen atoms in total. The second kappa shape index (κ2) is 25.0. The molecule has 0 aliphatic carbocycles. The first kappa shape index (κ1) is 57.9. The number of phenols is 1. The summed E-state index contributed by atoms with van der Waals surface area (Å²) >= 11 is 12.0. The zero-order valence-electron chi connectivity index (χ0n) is 40.1. The van der Waals surface area contributed by atoms with E-state index in [1.807, 2.05) is 6.92 Å². The molecule has 0 saturated carbocycles. The van der Waals surface area contributed by atoms with Crippen molar-refractivity contribution in [1.82, 2.24) is 0 Å². The fraction of sp³-hybridized carbons (Fsp3) is 0.115. The molecule has 0 aliphatic rings. The molecular weight excluding hydrogens is 1170 g/mol. The SMILES string of the molecule is CCc1cc(Cl)c(S(=O)(=O)O)cc1N=Nc1c(O)c(C(=O)Nc2cccc(OC)c2)cc2ccccc12.CCc1cc(Cl)c(S(=O)(=O)O)cc1N=Nc1c([O-])c(C([O-])=Nc2cccc(OC)c2)cc2ccccc12.[Ba+2]. The van der Waals surface area contributed by atoms with Crippen LogP contribution in [0, 0.1) is 0 Å². The molecule has 23 heteroatoms. The van der Waals surface area contributed by atoms with Crippen molar-refractivity contribution in [3.05, 3.63) is 166 Å². The smallest absolute Gasteiger partial charge is 0.871 e. The molecule has 1 amide bonds. The molecule has 380 valence electrons. The monoisotopic (exact) mass is 1210 g/mol. The number of fused-ring (bicyclic) bond motifs is 2. The van der Waals surface area contributed by atoms with Gasteiger partial charge in [-0.15, -0.1) is 5.11 Å². The van der Waals surface area contributed by atoms with Crippen LogP contribution in [0.3, 0.4) is 0 Å². The molecule has 0 heterocycles. The van der Waals surface area contributed by atoms with Crippen molar-refractivity contribution < 1.29 is 55.5 Å². The Kier molecular flexibility index (Phi) is 19.3. The Morgan fingerprint density at radius 2 is 1.11 bits per heavy atom. The zero-order chi connectivity index (χ0) is 53.5. The minimum Gasteiger partial charge on any atom is -0.871 e. The van der Waals surface area contributed by atoms with Gasteiger partial charge in [-0.25, -0.2) is 0 Å². The Bertz CT molecular complexity index is 3830. The van der Waals surface area contributed by atoms with E-state index in [1.165, 1.54) is 38.5 Å². The molecular formula is C52H42BaCl2N6O12S2. The first-order chi connectivity index (χ1) is 35.2. The maximum Gasteiger partial charge on any atom is 2.00 e. The van der Waals surface area contributed by atoms with Crippen LogP contribution in [0.25, 0.3) is 21.5 Å². The number of benzene rings is 8. The average molecular weight is 1220 g/mol. The van der Waals surface area contributed by atoms with Crippen LogP contribution in [-0.4, -0.2) is 106 Å². The number of hydrogen-bond acceptors (Lipinski definition) is 15. The largest absolute Gasteiger partial charge is 2.00 e. The first-order valence-electron chi connectivity index (χ1n) is 22.0. The van der Waals surface area contributed by atoms with E-state index in [9.17, 15) is 46.1 Å². The van der Waals surface area contributed by atoms with Crippen molar-refractivity contribution >= 4 is 160 Å². The van der Waals surface area contributed by atoms with Crippen LogP contribution in [-0.2, 0) is 33.1 Å². The van der Waals surface area contributed by atoms with Gasteiger partial charge in [0, 0.05) is 28.6 Å². The summed E-state index contributed by atoms with van der Waals surface area (Å²) in [5.74, 6) is -1.40. The van der Waals surface area contributed by atoms with E-state index in [2.05, 4.69) is 30.8 Å². The summed E-state index contributed by atoms with van der Waals surface area (Å²) in [7, 11) is -6.23. The average Bonchev–Trinajstić information content (AvgIpc) is 3.37. The number of carbonyl (C=O) groups excluding carboxylic acids is 1. The van der Waals surface area contributed by atoms with E-state index < -0.39 is 53.3 Å². The Morgan fingerprint density at radius 1 is 0.627 bits per heavy atom. The van der Waals surface area contributed by atoms with Gasteiger partial charge in [0.25, 0.3) is 26.1 Å². The number of azo groups is 2. The number of ether oxygens (including phenoxy) is 2. The van der Waals surface area contributed by atoms with Crippen molar-refractivity contribution in [3.8, 4) is 23.0 Å². The number of aromatic hydroxyl groups is 1. The second-order valence-corrected chi connectivity index (χ2v) is 19.4. The Labute approximate surface area is 481 Å². The van der Waals surface area contributed by atoms with Crippen LogP contribution in [0.1, 0.15) is 40.9 Å². The van der Waals surface area contributed by atoms with E-state index in [0.717, 1.165) is 12.1 Å². The van der Waals surface area contributed by atoms with Gasteiger partial charge in [0.1, 0.15) is 27.0 Å². The van der Waals surface area contributed by atoms with Crippen molar-refractivity contribution in [1.29, 1.82) is 0 Å².